The molecule has 1 amide bonds. The highest BCUT2D eigenvalue weighted by molar-refractivity contribution is 5.75. The third-order valence-corrected chi connectivity index (χ3v) is 3.26. The molecule has 3 rings (SSSR count). The van der Waals surface area contributed by atoms with E-state index in [0.717, 1.165) is 29.9 Å². The molecule has 0 spiro atoms. The van der Waals surface area contributed by atoms with Gasteiger partial charge >= 0.3 is 0 Å². The number of ether oxygens (including phenoxy) is 2. The topological polar surface area (TPSA) is 47.6 Å². The maximum Gasteiger partial charge on any atom is 0.217 e. The molecule has 0 bridgehead atoms. The molecule has 1 fully saturated rings. The van der Waals surface area contributed by atoms with Gasteiger partial charge in [0.2, 0.25) is 5.91 Å². The zero-order valence-electron chi connectivity index (χ0n) is 9.79. The molecular weight excluding hydrogens is 218 g/mol. The third-order valence-electron chi connectivity index (χ3n) is 3.26. The number of carbonyl (C=O) groups is 1. The molecule has 0 aromatic heterocycles. The van der Waals surface area contributed by atoms with Crippen LogP contribution in [0.1, 0.15) is 25.3 Å². The van der Waals surface area contributed by atoms with Crippen molar-refractivity contribution in [2.75, 3.05) is 13.2 Å². The fourth-order valence-electron chi connectivity index (χ4n) is 2.29. The van der Waals surface area contributed by atoms with Gasteiger partial charge in [-0.25, -0.2) is 0 Å². The van der Waals surface area contributed by atoms with Crippen LogP contribution in [0.4, 0.5) is 0 Å². The summed E-state index contributed by atoms with van der Waals surface area (Å²) in [5, 5.41) is 3.02. The summed E-state index contributed by atoms with van der Waals surface area (Å²) in [6.07, 6.45) is 1.98. The standard InChI is InChI=1S/C13H15NO3/c1-9(15)14-13(4-5-13)10-2-3-11-12(8-10)17-7-6-16-11/h2-3,8H,4-7H2,1H3,(H,14,15). The van der Waals surface area contributed by atoms with Gasteiger partial charge in [0.05, 0.1) is 5.54 Å². The summed E-state index contributed by atoms with van der Waals surface area (Å²) in [6, 6.07) is 5.92. The van der Waals surface area contributed by atoms with Gasteiger partial charge in [-0.1, -0.05) is 6.07 Å². The van der Waals surface area contributed by atoms with Crippen molar-refractivity contribution in [2.45, 2.75) is 25.3 Å². The molecule has 0 unspecified atom stereocenters. The molecule has 1 aromatic rings. The number of carbonyl (C=O) groups excluding carboxylic acids is 1. The summed E-state index contributed by atoms with van der Waals surface area (Å²) in [5.74, 6) is 1.58. The van der Waals surface area contributed by atoms with E-state index in [2.05, 4.69) is 5.32 Å². The summed E-state index contributed by atoms with van der Waals surface area (Å²) in [5.41, 5.74) is 0.943. The molecular formula is C13H15NO3. The summed E-state index contributed by atoms with van der Waals surface area (Å²) in [4.78, 5) is 11.2. The fraction of sp³-hybridized carbons (Fsp3) is 0.462. The minimum absolute atomic E-state index is 0.0115. The maximum atomic E-state index is 11.2. The zero-order valence-corrected chi connectivity index (χ0v) is 9.79. The summed E-state index contributed by atoms with van der Waals surface area (Å²) < 4.78 is 11.0. The van der Waals surface area contributed by atoms with Crippen molar-refractivity contribution < 1.29 is 14.3 Å². The van der Waals surface area contributed by atoms with Gasteiger partial charge in [-0.05, 0) is 30.5 Å². The third kappa shape index (κ3) is 1.84. The Labute approximate surface area is 99.9 Å². The minimum Gasteiger partial charge on any atom is -0.486 e. The highest BCUT2D eigenvalue weighted by Crippen LogP contribution is 2.47. The van der Waals surface area contributed by atoms with Crippen LogP contribution < -0.4 is 14.8 Å². The number of rotatable bonds is 2. The van der Waals surface area contributed by atoms with Crippen LogP contribution in [0.2, 0.25) is 0 Å². The lowest BCUT2D eigenvalue weighted by molar-refractivity contribution is -0.120. The summed E-state index contributed by atoms with van der Waals surface area (Å²) in [6.45, 7) is 2.74. The average Bonchev–Trinajstić information content (AvgIpc) is 3.08. The number of amides is 1. The molecule has 4 heteroatoms. The van der Waals surface area contributed by atoms with Crippen LogP contribution in [0.5, 0.6) is 11.5 Å². The molecule has 1 heterocycles. The number of hydrogen-bond acceptors (Lipinski definition) is 3. The van der Waals surface area contributed by atoms with Crippen LogP contribution in [0.15, 0.2) is 18.2 Å². The Bertz CT molecular complexity index is 466. The molecule has 4 nitrogen and oxygen atoms in total. The molecule has 17 heavy (non-hydrogen) atoms. The molecule has 0 saturated heterocycles. The normalized spacial score (nSPS) is 19.6. The predicted octanol–water partition coefficient (Wildman–Crippen LogP) is 1.58. The van der Waals surface area contributed by atoms with Crippen molar-refractivity contribution in [3.05, 3.63) is 23.8 Å². The van der Waals surface area contributed by atoms with Crippen molar-refractivity contribution in [2.24, 2.45) is 0 Å². The van der Waals surface area contributed by atoms with Crippen LogP contribution >= 0.6 is 0 Å². The van der Waals surface area contributed by atoms with Crippen molar-refractivity contribution in [1.82, 2.24) is 5.32 Å². The monoisotopic (exact) mass is 233 g/mol. The highest BCUT2D eigenvalue weighted by Gasteiger charge is 2.45. The summed E-state index contributed by atoms with van der Waals surface area (Å²) >= 11 is 0. The molecule has 1 aliphatic heterocycles. The van der Waals surface area contributed by atoms with E-state index in [1.807, 2.05) is 18.2 Å². The molecule has 1 N–H and O–H groups in total. The Kier molecular flexibility index (Phi) is 2.24. The van der Waals surface area contributed by atoms with E-state index in [0.29, 0.717) is 13.2 Å². The highest BCUT2D eigenvalue weighted by atomic mass is 16.6. The molecule has 90 valence electrons. The van der Waals surface area contributed by atoms with E-state index in [9.17, 15) is 4.79 Å². The van der Waals surface area contributed by atoms with Crippen LogP contribution in [0, 0.1) is 0 Å². The zero-order chi connectivity index (χ0) is 11.9. The van der Waals surface area contributed by atoms with Crippen molar-refractivity contribution >= 4 is 5.91 Å². The lowest BCUT2D eigenvalue weighted by Gasteiger charge is -2.22. The van der Waals surface area contributed by atoms with E-state index in [4.69, 9.17) is 9.47 Å². The van der Waals surface area contributed by atoms with Gasteiger partial charge in [0, 0.05) is 6.92 Å². The lowest BCUT2D eigenvalue weighted by Crippen LogP contribution is -2.33. The Hall–Kier alpha value is -1.71. The molecule has 1 saturated carbocycles. The molecule has 0 atom stereocenters. The van der Waals surface area contributed by atoms with E-state index in [1.54, 1.807) is 6.92 Å². The number of fused-ring (bicyclic) bond motifs is 1. The first-order chi connectivity index (χ1) is 8.20. The fourth-order valence-corrected chi connectivity index (χ4v) is 2.29. The SMILES string of the molecule is CC(=O)NC1(c2ccc3c(c2)OCCO3)CC1. The van der Waals surface area contributed by atoms with Crippen LogP contribution in [0.3, 0.4) is 0 Å². The Morgan fingerprint density at radius 3 is 2.59 bits per heavy atom. The largest absolute Gasteiger partial charge is 0.486 e. The number of nitrogens with one attached hydrogen (secondary N) is 1. The summed E-state index contributed by atoms with van der Waals surface area (Å²) in [7, 11) is 0. The Balaban J connectivity index is 1.91. The van der Waals surface area contributed by atoms with Crippen molar-refractivity contribution in [1.29, 1.82) is 0 Å². The van der Waals surface area contributed by atoms with Crippen molar-refractivity contribution in [3.63, 3.8) is 0 Å². The first-order valence-corrected chi connectivity index (χ1v) is 5.88. The van der Waals surface area contributed by atoms with Crippen LogP contribution in [0.25, 0.3) is 0 Å². The molecule has 2 aliphatic rings. The van der Waals surface area contributed by atoms with Gasteiger partial charge < -0.3 is 14.8 Å². The van der Waals surface area contributed by atoms with Gasteiger partial charge in [-0.3, -0.25) is 4.79 Å². The second-order valence-electron chi connectivity index (χ2n) is 4.62. The van der Waals surface area contributed by atoms with Crippen LogP contribution in [-0.2, 0) is 10.3 Å². The van der Waals surface area contributed by atoms with E-state index in [1.165, 1.54) is 0 Å². The minimum atomic E-state index is -0.165. The molecule has 1 aromatic carbocycles. The smallest absolute Gasteiger partial charge is 0.217 e. The number of benzene rings is 1. The molecule has 1 aliphatic carbocycles. The van der Waals surface area contributed by atoms with Crippen LogP contribution in [-0.4, -0.2) is 19.1 Å². The lowest BCUT2D eigenvalue weighted by atomic mass is 10.0. The maximum absolute atomic E-state index is 11.2. The van der Waals surface area contributed by atoms with Gasteiger partial charge in [0.15, 0.2) is 11.5 Å². The Morgan fingerprint density at radius 1 is 1.24 bits per heavy atom. The van der Waals surface area contributed by atoms with Gasteiger partial charge in [0.25, 0.3) is 0 Å². The van der Waals surface area contributed by atoms with E-state index < -0.39 is 0 Å². The quantitative estimate of drug-likeness (QED) is 0.843. The second kappa shape index (κ2) is 3.65. The first-order valence-electron chi connectivity index (χ1n) is 5.88. The second-order valence-corrected chi connectivity index (χ2v) is 4.62. The van der Waals surface area contributed by atoms with Gasteiger partial charge in [-0.2, -0.15) is 0 Å². The Morgan fingerprint density at radius 2 is 1.94 bits per heavy atom. The predicted molar refractivity (Wildman–Crippen MR) is 62.2 cm³/mol. The first kappa shape index (κ1) is 10.4. The average molecular weight is 233 g/mol. The van der Waals surface area contributed by atoms with Gasteiger partial charge in [-0.15, -0.1) is 0 Å². The van der Waals surface area contributed by atoms with Crippen molar-refractivity contribution in [3.8, 4) is 11.5 Å². The van der Waals surface area contributed by atoms with Gasteiger partial charge in [0.1, 0.15) is 13.2 Å². The van der Waals surface area contributed by atoms with E-state index in [-0.39, 0.29) is 11.4 Å². The number of hydrogen-bond donors (Lipinski definition) is 1. The van der Waals surface area contributed by atoms with E-state index >= 15 is 0 Å². The molecule has 0 radical (unpaired) electrons.